The van der Waals surface area contributed by atoms with E-state index in [0.29, 0.717) is 34.3 Å². The summed E-state index contributed by atoms with van der Waals surface area (Å²) < 4.78 is 26.5. The molecule has 0 aliphatic carbocycles. The number of nitrogens with one attached hydrogen (secondary N) is 1. The molecule has 0 unspecified atom stereocenters. The molecule has 0 aromatic heterocycles. The zero-order valence-electron chi connectivity index (χ0n) is 22.9. The highest BCUT2D eigenvalue weighted by Crippen LogP contribution is 2.28. The van der Waals surface area contributed by atoms with E-state index < -0.39 is 16.1 Å². The summed E-state index contributed by atoms with van der Waals surface area (Å²) in [4.78, 5) is 28.7. The standard InChI is InChI=1S/C30H35Cl2N3O4S/c1-4-33-30(37)28(20-23-12-6-5-7-13-23)34(21-25-26(31)15-9-16-27(25)32)29(36)17-10-18-35(40(3,38)39)24-14-8-11-22(2)19-24/h5-9,11-16,19,28H,4,10,17-18,20-21H2,1-3H3,(H,33,37)/t28-/m1/s1. The summed E-state index contributed by atoms with van der Waals surface area (Å²) in [7, 11) is -3.58. The lowest BCUT2D eigenvalue weighted by atomic mass is 10.0. The van der Waals surface area contributed by atoms with Crippen molar-refractivity contribution in [2.45, 2.75) is 45.7 Å². The predicted molar refractivity (Wildman–Crippen MR) is 162 cm³/mol. The molecule has 40 heavy (non-hydrogen) atoms. The van der Waals surface area contributed by atoms with Crippen molar-refractivity contribution in [3.63, 3.8) is 0 Å². The molecule has 0 radical (unpaired) electrons. The molecule has 3 aromatic carbocycles. The minimum atomic E-state index is -3.58. The van der Waals surface area contributed by atoms with Crippen LogP contribution in [0.25, 0.3) is 0 Å². The van der Waals surface area contributed by atoms with Crippen LogP contribution in [0.3, 0.4) is 0 Å². The third kappa shape index (κ3) is 8.71. The number of carbonyl (C=O) groups excluding carboxylic acids is 2. The van der Waals surface area contributed by atoms with Gasteiger partial charge in [0, 0.05) is 48.1 Å². The molecular formula is C30H35Cl2N3O4S. The number of hydrogen-bond donors (Lipinski definition) is 1. The second kappa shape index (κ2) is 14.5. The maximum atomic E-state index is 13.8. The molecule has 3 aromatic rings. The van der Waals surface area contributed by atoms with Gasteiger partial charge in [0.05, 0.1) is 11.9 Å². The Hall–Kier alpha value is -3.07. The fourth-order valence-corrected chi connectivity index (χ4v) is 5.96. The first kappa shape index (κ1) is 31.5. The Kier molecular flexibility index (Phi) is 11.4. The Labute approximate surface area is 247 Å². The van der Waals surface area contributed by atoms with E-state index in [1.54, 1.807) is 36.4 Å². The van der Waals surface area contributed by atoms with Crippen LogP contribution in [-0.4, -0.2) is 50.5 Å². The fraction of sp³-hybridized carbons (Fsp3) is 0.333. The van der Waals surface area contributed by atoms with Gasteiger partial charge >= 0.3 is 0 Å². The van der Waals surface area contributed by atoms with Crippen LogP contribution in [-0.2, 0) is 32.6 Å². The molecule has 0 aliphatic rings. The number of amides is 2. The highest BCUT2D eigenvalue weighted by atomic mass is 35.5. The quantitative estimate of drug-likeness (QED) is 0.274. The van der Waals surface area contributed by atoms with E-state index in [9.17, 15) is 18.0 Å². The van der Waals surface area contributed by atoms with Gasteiger partial charge in [0.15, 0.2) is 0 Å². The highest BCUT2D eigenvalue weighted by molar-refractivity contribution is 7.92. The number of aryl methyl sites for hydroxylation is 1. The zero-order chi connectivity index (χ0) is 29.3. The van der Waals surface area contributed by atoms with Crippen molar-refractivity contribution >= 4 is 50.7 Å². The van der Waals surface area contributed by atoms with Gasteiger partial charge in [0.2, 0.25) is 21.8 Å². The number of anilines is 1. The minimum Gasteiger partial charge on any atom is -0.355 e. The number of sulfonamides is 1. The van der Waals surface area contributed by atoms with E-state index in [4.69, 9.17) is 23.2 Å². The molecule has 0 saturated heterocycles. The lowest BCUT2D eigenvalue weighted by molar-refractivity contribution is -0.141. The molecule has 3 rings (SSSR count). The lowest BCUT2D eigenvalue weighted by Crippen LogP contribution is -2.50. The summed E-state index contributed by atoms with van der Waals surface area (Å²) in [5.74, 6) is -0.596. The molecule has 1 atom stereocenters. The Morgan fingerprint density at radius 3 is 2.20 bits per heavy atom. The third-order valence-corrected chi connectivity index (χ3v) is 8.36. The van der Waals surface area contributed by atoms with Gasteiger partial charge < -0.3 is 10.2 Å². The molecule has 0 aliphatic heterocycles. The third-order valence-electron chi connectivity index (χ3n) is 6.45. The smallest absolute Gasteiger partial charge is 0.243 e. The van der Waals surface area contributed by atoms with Crippen molar-refractivity contribution in [2.24, 2.45) is 0 Å². The van der Waals surface area contributed by atoms with Gasteiger partial charge in [-0.1, -0.05) is 71.7 Å². The number of hydrogen-bond acceptors (Lipinski definition) is 4. The van der Waals surface area contributed by atoms with Crippen molar-refractivity contribution in [1.29, 1.82) is 0 Å². The SMILES string of the molecule is CCNC(=O)[C@@H](Cc1ccccc1)N(Cc1c(Cl)cccc1Cl)C(=O)CCCN(c1cccc(C)c1)S(C)(=O)=O. The van der Waals surface area contributed by atoms with Gasteiger partial charge in [-0.25, -0.2) is 8.42 Å². The molecule has 0 heterocycles. The summed E-state index contributed by atoms with van der Waals surface area (Å²) in [6.45, 7) is 4.25. The van der Waals surface area contributed by atoms with Crippen LogP contribution in [0.15, 0.2) is 72.8 Å². The molecule has 7 nitrogen and oxygen atoms in total. The predicted octanol–water partition coefficient (Wildman–Crippen LogP) is 5.62. The molecule has 214 valence electrons. The Morgan fingerprint density at radius 1 is 0.950 bits per heavy atom. The highest BCUT2D eigenvalue weighted by Gasteiger charge is 2.31. The molecular weight excluding hydrogens is 569 g/mol. The van der Waals surface area contributed by atoms with Crippen LogP contribution < -0.4 is 9.62 Å². The van der Waals surface area contributed by atoms with Crippen LogP contribution in [0.2, 0.25) is 10.0 Å². The Morgan fingerprint density at radius 2 is 1.60 bits per heavy atom. The first-order valence-corrected chi connectivity index (χ1v) is 15.7. The van der Waals surface area contributed by atoms with E-state index >= 15 is 0 Å². The van der Waals surface area contributed by atoms with Crippen LogP contribution in [0, 0.1) is 6.92 Å². The summed E-state index contributed by atoms with van der Waals surface area (Å²) in [6, 6.07) is 20.9. The van der Waals surface area contributed by atoms with E-state index in [1.165, 1.54) is 9.21 Å². The van der Waals surface area contributed by atoms with E-state index in [2.05, 4.69) is 5.32 Å². The average Bonchev–Trinajstić information content (AvgIpc) is 2.90. The Bertz CT molecular complexity index is 1400. The van der Waals surface area contributed by atoms with Crippen molar-refractivity contribution in [2.75, 3.05) is 23.7 Å². The second-order valence-corrected chi connectivity index (χ2v) is 12.3. The molecule has 2 amide bonds. The van der Waals surface area contributed by atoms with E-state index in [1.807, 2.05) is 50.2 Å². The average molecular weight is 605 g/mol. The number of halogens is 2. The summed E-state index contributed by atoms with van der Waals surface area (Å²) in [5, 5.41) is 3.63. The molecule has 0 fully saturated rings. The van der Waals surface area contributed by atoms with Crippen molar-refractivity contribution in [1.82, 2.24) is 10.2 Å². The van der Waals surface area contributed by atoms with Crippen molar-refractivity contribution in [3.8, 4) is 0 Å². The summed E-state index contributed by atoms with van der Waals surface area (Å²) in [5.41, 5.74) is 2.90. The van der Waals surface area contributed by atoms with E-state index in [-0.39, 0.29) is 37.7 Å². The largest absolute Gasteiger partial charge is 0.355 e. The van der Waals surface area contributed by atoms with Crippen LogP contribution in [0.1, 0.15) is 36.5 Å². The lowest BCUT2D eigenvalue weighted by Gasteiger charge is -2.32. The topological polar surface area (TPSA) is 86.8 Å². The normalized spacial score (nSPS) is 12.0. The van der Waals surface area contributed by atoms with Gasteiger partial charge in [-0.2, -0.15) is 0 Å². The van der Waals surface area contributed by atoms with Gasteiger partial charge in [0.1, 0.15) is 6.04 Å². The molecule has 0 saturated carbocycles. The first-order chi connectivity index (χ1) is 19.0. The monoisotopic (exact) mass is 603 g/mol. The number of benzene rings is 3. The van der Waals surface area contributed by atoms with E-state index in [0.717, 1.165) is 17.4 Å². The van der Waals surface area contributed by atoms with Gasteiger partial charge in [-0.3, -0.25) is 13.9 Å². The second-order valence-electron chi connectivity index (χ2n) is 9.60. The molecule has 0 bridgehead atoms. The van der Waals surface area contributed by atoms with Crippen LogP contribution in [0.4, 0.5) is 5.69 Å². The molecule has 0 spiro atoms. The maximum absolute atomic E-state index is 13.8. The minimum absolute atomic E-state index is 0.0185. The fourth-order valence-electron chi connectivity index (χ4n) is 4.49. The van der Waals surface area contributed by atoms with Gasteiger partial charge in [-0.05, 0) is 55.7 Å². The van der Waals surface area contributed by atoms with Crippen molar-refractivity contribution < 1.29 is 18.0 Å². The maximum Gasteiger partial charge on any atom is 0.243 e. The summed E-state index contributed by atoms with van der Waals surface area (Å²) >= 11 is 12.9. The van der Waals surface area contributed by atoms with Crippen LogP contribution >= 0.6 is 23.2 Å². The van der Waals surface area contributed by atoms with Crippen LogP contribution in [0.5, 0.6) is 0 Å². The summed E-state index contributed by atoms with van der Waals surface area (Å²) in [6.07, 6.45) is 1.71. The number of rotatable bonds is 13. The number of carbonyl (C=O) groups is 2. The first-order valence-electron chi connectivity index (χ1n) is 13.1. The number of likely N-dealkylation sites (N-methyl/N-ethyl adjacent to an activating group) is 1. The van der Waals surface area contributed by atoms with Crippen molar-refractivity contribution in [3.05, 3.63) is 99.5 Å². The molecule has 1 N–H and O–H groups in total. The number of nitrogens with zero attached hydrogens (tertiary/aromatic N) is 2. The Balaban J connectivity index is 1.91. The van der Waals surface area contributed by atoms with Gasteiger partial charge in [-0.15, -0.1) is 0 Å². The van der Waals surface area contributed by atoms with Gasteiger partial charge in [0.25, 0.3) is 0 Å². The zero-order valence-corrected chi connectivity index (χ0v) is 25.3. The molecule has 10 heteroatoms.